The molecular weight excluding hydrogens is 282 g/mol. The molecule has 0 aromatic carbocycles. The first kappa shape index (κ1) is 15.9. The van der Waals surface area contributed by atoms with Gasteiger partial charge >= 0.3 is 0 Å². The van der Waals surface area contributed by atoms with Crippen LogP contribution >= 0.6 is 0 Å². The lowest BCUT2D eigenvalue weighted by Crippen LogP contribution is -2.33. The number of rotatable bonds is 7. The normalized spacial score (nSPS) is 10.5. The molecule has 0 fully saturated rings. The second-order valence-electron chi connectivity index (χ2n) is 5.03. The van der Waals surface area contributed by atoms with Crippen LogP contribution in [0.2, 0.25) is 0 Å². The van der Waals surface area contributed by atoms with Crippen LogP contribution in [0.5, 0.6) is 0 Å². The summed E-state index contributed by atoms with van der Waals surface area (Å²) >= 11 is 0. The van der Waals surface area contributed by atoms with Gasteiger partial charge in [0.1, 0.15) is 17.3 Å². The largest absolute Gasteiger partial charge is 0.360 e. The molecule has 2 heterocycles. The molecule has 0 aliphatic rings. The molecule has 0 spiro atoms. The molecule has 2 aromatic rings. The molecule has 2 aromatic heterocycles. The molecule has 7 nitrogen and oxygen atoms in total. The first-order valence-electron chi connectivity index (χ1n) is 7.45. The second kappa shape index (κ2) is 7.53. The van der Waals surface area contributed by atoms with E-state index in [0.29, 0.717) is 23.1 Å². The highest BCUT2D eigenvalue weighted by atomic mass is 16.5. The quantitative estimate of drug-likeness (QED) is 0.846. The molecule has 0 radical (unpaired) electrons. The average Bonchev–Trinajstić information content (AvgIpc) is 2.92. The van der Waals surface area contributed by atoms with E-state index in [1.165, 1.54) is 12.4 Å². The third kappa shape index (κ3) is 4.03. The summed E-state index contributed by atoms with van der Waals surface area (Å²) in [5.41, 5.74) is 0.351. The Labute approximate surface area is 129 Å². The van der Waals surface area contributed by atoms with Crippen molar-refractivity contribution in [2.24, 2.45) is 0 Å². The van der Waals surface area contributed by atoms with Gasteiger partial charge < -0.3 is 14.7 Å². The van der Waals surface area contributed by atoms with Gasteiger partial charge in [-0.2, -0.15) is 0 Å². The second-order valence-corrected chi connectivity index (χ2v) is 5.03. The summed E-state index contributed by atoms with van der Waals surface area (Å²) in [7, 11) is 0. The first-order valence-corrected chi connectivity index (χ1v) is 7.45. The Morgan fingerprint density at radius 1 is 1.18 bits per heavy atom. The third-order valence-corrected chi connectivity index (χ3v) is 3.03. The highest BCUT2D eigenvalue weighted by molar-refractivity contribution is 5.92. The maximum Gasteiger partial charge on any atom is 0.274 e. The molecule has 1 N–H and O–H groups in total. The van der Waals surface area contributed by atoms with E-state index in [9.17, 15) is 4.79 Å². The van der Waals surface area contributed by atoms with Gasteiger partial charge in [0.05, 0.1) is 12.4 Å². The van der Waals surface area contributed by atoms with Crippen molar-refractivity contribution >= 4 is 17.5 Å². The summed E-state index contributed by atoms with van der Waals surface area (Å²) in [6.07, 6.45) is 4.85. The van der Waals surface area contributed by atoms with Crippen LogP contribution in [-0.4, -0.2) is 39.0 Å². The molecule has 0 aliphatic heterocycles. The van der Waals surface area contributed by atoms with Crippen LogP contribution in [0.3, 0.4) is 0 Å². The summed E-state index contributed by atoms with van der Waals surface area (Å²) in [5.74, 6) is 1.70. The SMILES string of the molecule is CCCN(CCC)C(=O)c1cnc(Nc2cc(C)on2)cn1. The van der Waals surface area contributed by atoms with E-state index >= 15 is 0 Å². The number of carbonyl (C=O) groups is 1. The van der Waals surface area contributed by atoms with Crippen molar-refractivity contribution < 1.29 is 9.32 Å². The van der Waals surface area contributed by atoms with Gasteiger partial charge in [-0.3, -0.25) is 4.79 Å². The van der Waals surface area contributed by atoms with E-state index in [0.717, 1.165) is 25.9 Å². The number of amides is 1. The number of aromatic nitrogens is 3. The van der Waals surface area contributed by atoms with E-state index in [4.69, 9.17) is 4.52 Å². The number of hydrogen-bond acceptors (Lipinski definition) is 6. The third-order valence-electron chi connectivity index (χ3n) is 3.03. The molecule has 0 saturated carbocycles. The summed E-state index contributed by atoms with van der Waals surface area (Å²) in [6, 6.07) is 1.75. The van der Waals surface area contributed by atoms with Gasteiger partial charge in [0, 0.05) is 19.2 Å². The van der Waals surface area contributed by atoms with Crippen LogP contribution in [0.4, 0.5) is 11.6 Å². The number of carbonyl (C=O) groups excluding carboxylic acids is 1. The summed E-state index contributed by atoms with van der Waals surface area (Å²) in [6.45, 7) is 7.36. The Hall–Kier alpha value is -2.44. The lowest BCUT2D eigenvalue weighted by Gasteiger charge is -2.20. The molecule has 0 bridgehead atoms. The van der Waals surface area contributed by atoms with Crippen molar-refractivity contribution in [2.75, 3.05) is 18.4 Å². The lowest BCUT2D eigenvalue weighted by atomic mass is 10.3. The fraction of sp³-hybridized carbons (Fsp3) is 0.467. The molecule has 22 heavy (non-hydrogen) atoms. The van der Waals surface area contributed by atoms with Crippen LogP contribution in [0.15, 0.2) is 23.0 Å². The Bertz CT molecular complexity index is 603. The summed E-state index contributed by atoms with van der Waals surface area (Å²) < 4.78 is 4.96. The average molecular weight is 303 g/mol. The number of hydrogen-bond donors (Lipinski definition) is 1. The van der Waals surface area contributed by atoms with E-state index in [2.05, 4.69) is 34.3 Å². The molecule has 1 amide bonds. The van der Waals surface area contributed by atoms with E-state index < -0.39 is 0 Å². The monoisotopic (exact) mass is 303 g/mol. The smallest absolute Gasteiger partial charge is 0.274 e. The van der Waals surface area contributed by atoms with Crippen molar-refractivity contribution in [2.45, 2.75) is 33.6 Å². The number of aryl methyl sites for hydroxylation is 1. The predicted molar refractivity (Wildman–Crippen MR) is 83.0 cm³/mol. The van der Waals surface area contributed by atoms with Gasteiger partial charge in [0.15, 0.2) is 5.82 Å². The number of nitrogens with zero attached hydrogens (tertiary/aromatic N) is 4. The Balaban J connectivity index is 2.05. The standard InChI is InChI=1S/C15H21N5O2/c1-4-6-20(7-5-2)15(21)12-9-17-14(10-16-12)18-13-8-11(3)22-19-13/h8-10H,4-7H2,1-3H3,(H,17,18,19). The highest BCUT2D eigenvalue weighted by Crippen LogP contribution is 2.13. The molecule has 118 valence electrons. The van der Waals surface area contributed by atoms with Crippen LogP contribution in [-0.2, 0) is 0 Å². The van der Waals surface area contributed by atoms with E-state index in [1.54, 1.807) is 11.0 Å². The Morgan fingerprint density at radius 2 is 1.91 bits per heavy atom. The minimum Gasteiger partial charge on any atom is -0.360 e. The van der Waals surface area contributed by atoms with Gasteiger partial charge in [0.25, 0.3) is 5.91 Å². The molecule has 2 rings (SSSR count). The fourth-order valence-electron chi connectivity index (χ4n) is 2.08. The topological polar surface area (TPSA) is 84.2 Å². The fourth-order valence-corrected chi connectivity index (χ4v) is 2.08. The predicted octanol–water partition coefficient (Wildman–Crippen LogP) is 2.78. The van der Waals surface area contributed by atoms with Gasteiger partial charge in [-0.05, 0) is 19.8 Å². The van der Waals surface area contributed by atoms with E-state index in [1.807, 2.05) is 6.92 Å². The van der Waals surface area contributed by atoms with Crippen LogP contribution in [0.25, 0.3) is 0 Å². The van der Waals surface area contributed by atoms with Crippen molar-refractivity contribution in [3.63, 3.8) is 0 Å². The van der Waals surface area contributed by atoms with Gasteiger partial charge in [-0.1, -0.05) is 19.0 Å². The van der Waals surface area contributed by atoms with Gasteiger partial charge in [-0.25, -0.2) is 9.97 Å². The molecular formula is C15H21N5O2. The highest BCUT2D eigenvalue weighted by Gasteiger charge is 2.16. The first-order chi connectivity index (χ1) is 10.6. The minimum absolute atomic E-state index is 0.0833. The van der Waals surface area contributed by atoms with Crippen LogP contribution < -0.4 is 5.32 Å². The van der Waals surface area contributed by atoms with Gasteiger partial charge in [0.2, 0.25) is 0 Å². The van der Waals surface area contributed by atoms with Crippen LogP contribution in [0.1, 0.15) is 42.9 Å². The van der Waals surface area contributed by atoms with Crippen molar-refractivity contribution in [1.29, 1.82) is 0 Å². The Kier molecular flexibility index (Phi) is 5.46. The number of anilines is 2. The molecule has 0 atom stereocenters. The number of nitrogens with one attached hydrogen (secondary N) is 1. The molecule has 0 unspecified atom stereocenters. The molecule has 0 saturated heterocycles. The van der Waals surface area contributed by atoms with Crippen LogP contribution in [0, 0.1) is 6.92 Å². The van der Waals surface area contributed by atoms with E-state index in [-0.39, 0.29) is 5.91 Å². The lowest BCUT2D eigenvalue weighted by molar-refractivity contribution is 0.0749. The summed E-state index contributed by atoms with van der Waals surface area (Å²) in [5, 5.41) is 6.78. The zero-order valence-electron chi connectivity index (χ0n) is 13.2. The van der Waals surface area contributed by atoms with Crippen molar-refractivity contribution in [1.82, 2.24) is 20.0 Å². The maximum absolute atomic E-state index is 12.4. The molecule has 7 heteroatoms. The molecule has 0 aliphatic carbocycles. The summed E-state index contributed by atoms with van der Waals surface area (Å²) in [4.78, 5) is 22.6. The zero-order chi connectivity index (χ0) is 15.9. The van der Waals surface area contributed by atoms with Gasteiger partial charge in [-0.15, -0.1) is 0 Å². The maximum atomic E-state index is 12.4. The van der Waals surface area contributed by atoms with Crippen molar-refractivity contribution in [3.05, 3.63) is 29.9 Å². The van der Waals surface area contributed by atoms with Crippen molar-refractivity contribution in [3.8, 4) is 0 Å². The minimum atomic E-state index is -0.0833. The zero-order valence-corrected chi connectivity index (χ0v) is 13.2. The Morgan fingerprint density at radius 3 is 2.41 bits per heavy atom.